The molecule has 1 N–H and O–H groups in total. The minimum Gasteiger partial charge on any atom is -0.497 e. The second kappa shape index (κ2) is 15.4. The van der Waals surface area contributed by atoms with Gasteiger partial charge in [-0.2, -0.15) is 0 Å². The SMILES string of the molecule is CCCNC(=O)C(Cc1ccccc1)N(Cc1ccc(C)cc1)C(=O)CN(c1ccc(C)cc1)S(=O)(=O)c1ccc(OC)cc1. The summed E-state index contributed by atoms with van der Waals surface area (Å²) in [7, 11) is -2.68. The molecule has 45 heavy (non-hydrogen) atoms. The van der Waals surface area contributed by atoms with Crippen molar-refractivity contribution in [2.75, 3.05) is 24.5 Å². The van der Waals surface area contributed by atoms with Crippen LogP contribution in [0.15, 0.2) is 108 Å². The van der Waals surface area contributed by atoms with Crippen LogP contribution in [0.25, 0.3) is 0 Å². The summed E-state index contributed by atoms with van der Waals surface area (Å²) in [5.41, 5.74) is 4.07. The van der Waals surface area contributed by atoms with E-state index in [2.05, 4.69) is 5.32 Å². The Morgan fingerprint density at radius 2 is 1.40 bits per heavy atom. The third-order valence-electron chi connectivity index (χ3n) is 7.54. The maximum atomic E-state index is 14.5. The fraction of sp³-hybridized carbons (Fsp3) is 0.278. The first-order chi connectivity index (χ1) is 21.6. The van der Waals surface area contributed by atoms with Gasteiger partial charge < -0.3 is 15.0 Å². The molecular weight excluding hydrogens is 586 g/mol. The summed E-state index contributed by atoms with van der Waals surface area (Å²) in [6, 6.07) is 29.4. The number of amides is 2. The molecule has 0 aromatic heterocycles. The molecule has 0 saturated carbocycles. The van der Waals surface area contributed by atoms with Crippen molar-refractivity contribution in [3.8, 4) is 5.75 Å². The van der Waals surface area contributed by atoms with E-state index in [0.29, 0.717) is 18.0 Å². The number of anilines is 1. The molecule has 4 aromatic rings. The Balaban J connectivity index is 1.78. The van der Waals surface area contributed by atoms with E-state index in [0.717, 1.165) is 33.0 Å². The molecular formula is C36H41N3O5S. The molecule has 0 spiro atoms. The molecule has 0 radical (unpaired) electrons. The largest absolute Gasteiger partial charge is 0.497 e. The molecule has 4 rings (SSSR count). The van der Waals surface area contributed by atoms with Crippen LogP contribution in [-0.4, -0.2) is 51.4 Å². The Labute approximate surface area is 266 Å². The number of hydrogen-bond donors (Lipinski definition) is 1. The minimum atomic E-state index is -4.19. The first-order valence-corrected chi connectivity index (χ1v) is 16.5. The van der Waals surface area contributed by atoms with E-state index >= 15 is 0 Å². The number of carbonyl (C=O) groups excluding carboxylic acids is 2. The summed E-state index contributed by atoms with van der Waals surface area (Å²) in [6.45, 7) is 5.93. The summed E-state index contributed by atoms with van der Waals surface area (Å²) in [6.07, 6.45) is 1.00. The number of hydrogen-bond acceptors (Lipinski definition) is 5. The third kappa shape index (κ3) is 8.73. The minimum absolute atomic E-state index is 0.0169. The second-order valence-corrected chi connectivity index (χ2v) is 12.9. The van der Waals surface area contributed by atoms with Crippen LogP contribution in [-0.2, 0) is 32.6 Å². The molecule has 0 saturated heterocycles. The average molecular weight is 628 g/mol. The molecule has 0 bridgehead atoms. The van der Waals surface area contributed by atoms with Crippen molar-refractivity contribution in [3.63, 3.8) is 0 Å². The van der Waals surface area contributed by atoms with Crippen LogP contribution in [0.5, 0.6) is 5.75 Å². The lowest BCUT2D eigenvalue weighted by Gasteiger charge is -2.34. The lowest BCUT2D eigenvalue weighted by atomic mass is 10.0. The van der Waals surface area contributed by atoms with Crippen molar-refractivity contribution in [1.29, 1.82) is 0 Å². The monoisotopic (exact) mass is 627 g/mol. The molecule has 236 valence electrons. The highest BCUT2D eigenvalue weighted by molar-refractivity contribution is 7.92. The summed E-state index contributed by atoms with van der Waals surface area (Å²) in [4.78, 5) is 29.7. The highest BCUT2D eigenvalue weighted by atomic mass is 32.2. The van der Waals surface area contributed by atoms with Gasteiger partial charge in [-0.05, 0) is 67.8 Å². The zero-order chi connectivity index (χ0) is 32.4. The van der Waals surface area contributed by atoms with Crippen molar-refractivity contribution in [2.45, 2.75) is 51.1 Å². The fourth-order valence-corrected chi connectivity index (χ4v) is 6.34. The molecule has 1 atom stereocenters. The molecule has 0 heterocycles. The van der Waals surface area contributed by atoms with Crippen molar-refractivity contribution in [2.24, 2.45) is 0 Å². The van der Waals surface area contributed by atoms with Crippen LogP contribution in [0.2, 0.25) is 0 Å². The summed E-state index contributed by atoms with van der Waals surface area (Å²) >= 11 is 0. The second-order valence-electron chi connectivity index (χ2n) is 11.0. The molecule has 8 nitrogen and oxygen atoms in total. The van der Waals surface area contributed by atoms with Gasteiger partial charge in [0.05, 0.1) is 17.7 Å². The predicted molar refractivity (Wildman–Crippen MR) is 178 cm³/mol. The van der Waals surface area contributed by atoms with Gasteiger partial charge in [-0.3, -0.25) is 13.9 Å². The predicted octanol–water partition coefficient (Wildman–Crippen LogP) is 5.67. The Morgan fingerprint density at radius 3 is 1.98 bits per heavy atom. The van der Waals surface area contributed by atoms with Crippen molar-refractivity contribution in [1.82, 2.24) is 10.2 Å². The van der Waals surface area contributed by atoms with Crippen LogP contribution >= 0.6 is 0 Å². The van der Waals surface area contributed by atoms with Gasteiger partial charge in [0, 0.05) is 19.5 Å². The number of ether oxygens (including phenoxy) is 1. The average Bonchev–Trinajstić information content (AvgIpc) is 3.05. The lowest BCUT2D eigenvalue weighted by Crippen LogP contribution is -2.53. The van der Waals surface area contributed by atoms with E-state index in [1.807, 2.05) is 75.4 Å². The van der Waals surface area contributed by atoms with E-state index in [9.17, 15) is 18.0 Å². The van der Waals surface area contributed by atoms with Crippen LogP contribution in [0, 0.1) is 13.8 Å². The van der Waals surface area contributed by atoms with E-state index in [4.69, 9.17) is 4.74 Å². The van der Waals surface area contributed by atoms with Crippen LogP contribution < -0.4 is 14.4 Å². The molecule has 1 unspecified atom stereocenters. The number of aryl methyl sites for hydroxylation is 2. The number of methoxy groups -OCH3 is 1. The molecule has 4 aromatic carbocycles. The van der Waals surface area contributed by atoms with Gasteiger partial charge in [-0.25, -0.2) is 8.42 Å². The maximum absolute atomic E-state index is 14.5. The molecule has 2 amide bonds. The van der Waals surface area contributed by atoms with E-state index in [-0.39, 0.29) is 23.8 Å². The molecule has 0 fully saturated rings. The zero-order valence-electron chi connectivity index (χ0n) is 26.3. The quantitative estimate of drug-likeness (QED) is 0.194. The highest BCUT2D eigenvalue weighted by Crippen LogP contribution is 2.27. The van der Waals surface area contributed by atoms with Gasteiger partial charge >= 0.3 is 0 Å². The van der Waals surface area contributed by atoms with Crippen LogP contribution in [0.4, 0.5) is 5.69 Å². The Morgan fingerprint density at radius 1 is 0.800 bits per heavy atom. The number of carbonyl (C=O) groups is 2. The van der Waals surface area contributed by atoms with Gasteiger partial charge in [0.15, 0.2) is 0 Å². The normalized spacial score (nSPS) is 11.8. The van der Waals surface area contributed by atoms with Gasteiger partial charge in [0.1, 0.15) is 18.3 Å². The number of rotatable bonds is 14. The standard InChI is InChI=1S/C36H41N3O5S/c1-5-23-37-36(41)34(24-29-9-7-6-8-10-29)38(25-30-15-11-27(2)12-16-30)35(40)26-39(31-17-13-28(3)14-18-31)45(42,43)33-21-19-32(44-4)20-22-33/h6-22,34H,5,23-26H2,1-4H3,(H,37,41). The molecule has 0 aliphatic carbocycles. The van der Waals surface area contributed by atoms with Crippen molar-refractivity contribution in [3.05, 3.63) is 125 Å². The van der Waals surface area contributed by atoms with E-state index < -0.39 is 28.5 Å². The number of nitrogens with one attached hydrogen (secondary N) is 1. The summed E-state index contributed by atoms with van der Waals surface area (Å²) in [5.74, 6) is -0.278. The van der Waals surface area contributed by atoms with Crippen molar-refractivity contribution < 1.29 is 22.7 Å². The zero-order valence-corrected chi connectivity index (χ0v) is 27.1. The van der Waals surface area contributed by atoms with E-state index in [1.54, 1.807) is 36.4 Å². The van der Waals surface area contributed by atoms with E-state index in [1.165, 1.54) is 24.1 Å². The molecule has 9 heteroatoms. The molecule has 0 aliphatic rings. The number of sulfonamides is 1. The molecule has 0 aliphatic heterocycles. The lowest BCUT2D eigenvalue weighted by molar-refractivity contribution is -0.140. The first-order valence-electron chi connectivity index (χ1n) is 15.0. The Hall–Kier alpha value is -4.63. The fourth-order valence-electron chi connectivity index (χ4n) is 4.92. The van der Waals surface area contributed by atoms with Crippen LogP contribution in [0.1, 0.15) is 35.6 Å². The van der Waals surface area contributed by atoms with Gasteiger partial charge in [-0.15, -0.1) is 0 Å². The van der Waals surface area contributed by atoms with Crippen molar-refractivity contribution >= 4 is 27.5 Å². The first kappa shape index (κ1) is 33.3. The number of benzene rings is 4. The summed E-state index contributed by atoms with van der Waals surface area (Å²) < 4.78 is 34.6. The third-order valence-corrected chi connectivity index (χ3v) is 9.33. The number of nitrogens with zero attached hydrogens (tertiary/aromatic N) is 2. The van der Waals surface area contributed by atoms with Gasteiger partial charge in [0.25, 0.3) is 10.0 Å². The maximum Gasteiger partial charge on any atom is 0.264 e. The Kier molecular flexibility index (Phi) is 11.4. The highest BCUT2D eigenvalue weighted by Gasteiger charge is 2.34. The van der Waals surface area contributed by atoms with Crippen LogP contribution in [0.3, 0.4) is 0 Å². The topological polar surface area (TPSA) is 96.0 Å². The Bertz CT molecular complexity index is 1660. The summed E-state index contributed by atoms with van der Waals surface area (Å²) in [5, 5.41) is 2.96. The van der Waals surface area contributed by atoms with Gasteiger partial charge in [0.2, 0.25) is 11.8 Å². The van der Waals surface area contributed by atoms with Gasteiger partial charge in [-0.1, -0.05) is 84.8 Å². The smallest absolute Gasteiger partial charge is 0.264 e.